The third kappa shape index (κ3) is 1.84. The maximum Gasteiger partial charge on any atom is 0.252 e. The molecule has 0 saturated heterocycles. The van der Waals surface area contributed by atoms with Crippen molar-refractivity contribution in [1.29, 1.82) is 0 Å². The molecule has 0 aliphatic carbocycles. The number of nitrogens with one attached hydrogen (secondary N) is 1. The average Bonchev–Trinajstić information content (AvgIpc) is 2.27. The number of H-pyrrole nitrogens is 1. The normalized spacial score (nSPS) is 9.75. The fourth-order valence-corrected chi connectivity index (χ4v) is 1.20. The molecule has 0 aliphatic rings. The van der Waals surface area contributed by atoms with Crippen molar-refractivity contribution in [2.24, 2.45) is 0 Å². The molecule has 1 radical (unpaired) electrons. The van der Waals surface area contributed by atoms with Crippen LogP contribution in [0.5, 0.6) is 0 Å². The van der Waals surface area contributed by atoms with Gasteiger partial charge in [0.05, 0.1) is 0 Å². The summed E-state index contributed by atoms with van der Waals surface area (Å²) in [5, 5.41) is 0. The fourth-order valence-electron chi connectivity index (χ4n) is 1.00. The van der Waals surface area contributed by atoms with E-state index in [4.69, 9.17) is 16.6 Å². The van der Waals surface area contributed by atoms with E-state index in [-0.39, 0.29) is 32.7 Å². The third-order valence-corrected chi connectivity index (χ3v) is 1.68. The largest absolute Gasteiger partial charge is 0.494 e. The summed E-state index contributed by atoms with van der Waals surface area (Å²) in [5.41, 5.74) is 2.77. The Labute approximate surface area is 100 Å². The standard InChI is InChI=1S/C8H6NOS.Y/c1-5-2-3-7-6(4-5)9-8(11)10-7;/h3-4H,1H3,(H,9,11);/q-1;. The van der Waals surface area contributed by atoms with Crippen molar-refractivity contribution in [3.05, 3.63) is 28.6 Å². The molecule has 0 fully saturated rings. The van der Waals surface area contributed by atoms with Gasteiger partial charge < -0.3 is 9.40 Å². The van der Waals surface area contributed by atoms with Gasteiger partial charge in [-0.2, -0.15) is 11.6 Å². The first kappa shape index (κ1) is 10.1. The van der Waals surface area contributed by atoms with Crippen LogP contribution in [0.1, 0.15) is 5.56 Å². The average molecular weight is 253 g/mol. The van der Waals surface area contributed by atoms with E-state index in [1.165, 1.54) is 0 Å². The number of hydrogen-bond acceptors (Lipinski definition) is 2. The molecule has 1 N–H and O–H groups in total. The SMILES string of the molecule is Cc1[c-]cc2oc(=S)[nH]c2c1.[Y]. The Balaban J connectivity index is 0.000000720. The zero-order valence-corrected chi connectivity index (χ0v) is 10.2. The molecular weight excluding hydrogens is 247 g/mol. The molecule has 1 aromatic heterocycles. The fraction of sp³-hybridized carbons (Fsp3) is 0.125. The van der Waals surface area contributed by atoms with Gasteiger partial charge in [0.1, 0.15) is 0 Å². The van der Waals surface area contributed by atoms with Gasteiger partial charge in [-0.05, 0) is 17.7 Å². The summed E-state index contributed by atoms with van der Waals surface area (Å²) < 4.78 is 5.15. The van der Waals surface area contributed by atoms with Crippen molar-refractivity contribution < 1.29 is 37.1 Å². The van der Waals surface area contributed by atoms with E-state index in [0.717, 1.165) is 16.7 Å². The molecule has 59 valence electrons. The van der Waals surface area contributed by atoms with E-state index in [2.05, 4.69) is 11.1 Å². The van der Waals surface area contributed by atoms with Crippen molar-refractivity contribution in [3.63, 3.8) is 0 Å². The number of fused-ring (bicyclic) bond motifs is 1. The molecule has 1 heterocycles. The summed E-state index contributed by atoms with van der Waals surface area (Å²) in [4.78, 5) is 3.34. The van der Waals surface area contributed by atoms with Gasteiger partial charge in [0.25, 0.3) is 4.84 Å². The van der Waals surface area contributed by atoms with Gasteiger partial charge in [-0.1, -0.05) is 6.92 Å². The van der Waals surface area contributed by atoms with E-state index in [0.29, 0.717) is 4.84 Å². The Morgan fingerprint density at radius 3 is 3.08 bits per heavy atom. The van der Waals surface area contributed by atoms with Gasteiger partial charge in [0.2, 0.25) is 0 Å². The number of aromatic nitrogens is 1. The second-order valence-corrected chi connectivity index (χ2v) is 2.78. The van der Waals surface area contributed by atoms with Crippen LogP contribution in [-0.4, -0.2) is 4.98 Å². The van der Waals surface area contributed by atoms with Crippen molar-refractivity contribution in [3.8, 4) is 0 Å². The van der Waals surface area contributed by atoms with E-state index >= 15 is 0 Å². The van der Waals surface area contributed by atoms with Gasteiger partial charge >= 0.3 is 0 Å². The molecule has 0 aliphatic heterocycles. The zero-order valence-electron chi connectivity index (χ0n) is 6.55. The minimum Gasteiger partial charge on any atom is -0.494 e. The van der Waals surface area contributed by atoms with Crippen LogP contribution in [0, 0.1) is 17.8 Å². The Bertz CT molecular complexity index is 445. The van der Waals surface area contributed by atoms with Crippen LogP contribution in [0.4, 0.5) is 0 Å². The Kier molecular flexibility index (Phi) is 3.21. The molecule has 1 aromatic carbocycles. The van der Waals surface area contributed by atoms with Crippen LogP contribution in [0.2, 0.25) is 0 Å². The Hall–Kier alpha value is 0.0139. The van der Waals surface area contributed by atoms with Gasteiger partial charge in [0.15, 0.2) is 0 Å². The minimum atomic E-state index is 0. The van der Waals surface area contributed by atoms with Crippen LogP contribution in [0.25, 0.3) is 11.1 Å². The predicted molar refractivity (Wildman–Crippen MR) is 45.0 cm³/mol. The summed E-state index contributed by atoms with van der Waals surface area (Å²) >= 11 is 4.82. The minimum absolute atomic E-state index is 0. The number of benzene rings is 1. The number of aromatic amines is 1. The van der Waals surface area contributed by atoms with Gasteiger partial charge in [0, 0.05) is 38.3 Å². The molecule has 0 spiro atoms. The van der Waals surface area contributed by atoms with Crippen molar-refractivity contribution in [2.75, 3.05) is 0 Å². The molecule has 2 rings (SSSR count). The van der Waals surface area contributed by atoms with Gasteiger partial charge in [-0.25, -0.2) is 0 Å². The quantitative estimate of drug-likeness (QED) is 0.577. The number of aryl methyl sites for hydroxylation is 1. The van der Waals surface area contributed by atoms with E-state index in [9.17, 15) is 0 Å². The molecule has 0 saturated carbocycles. The summed E-state index contributed by atoms with van der Waals surface area (Å²) in [7, 11) is 0. The van der Waals surface area contributed by atoms with Crippen LogP contribution in [-0.2, 0) is 32.7 Å². The van der Waals surface area contributed by atoms with E-state index in [1.54, 1.807) is 6.07 Å². The van der Waals surface area contributed by atoms with Crippen molar-refractivity contribution in [2.45, 2.75) is 6.92 Å². The second kappa shape index (κ2) is 3.82. The topological polar surface area (TPSA) is 28.9 Å². The van der Waals surface area contributed by atoms with E-state index in [1.807, 2.05) is 13.0 Å². The maximum absolute atomic E-state index is 5.15. The number of hydrogen-bond donors (Lipinski definition) is 1. The van der Waals surface area contributed by atoms with Crippen LogP contribution >= 0.6 is 12.2 Å². The molecule has 0 amide bonds. The summed E-state index contributed by atoms with van der Waals surface area (Å²) in [6.45, 7) is 1.98. The van der Waals surface area contributed by atoms with Gasteiger partial charge in [-0.15, -0.1) is 12.1 Å². The first-order valence-corrected chi connectivity index (χ1v) is 3.68. The molecule has 4 heteroatoms. The summed E-state index contributed by atoms with van der Waals surface area (Å²) in [6, 6.07) is 6.77. The molecule has 0 atom stereocenters. The van der Waals surface area contributed by atoms with Crippen molar-refractivity contribution in [1.82, 2.24) is 4.98 Å². The predicted octanol–water partition coefficient (Wildman–Crippen LogP) is 2.60. The molecule has 12 heavy (non-hydrogen) atoms. The van der Waals surface area contributed by atoms with Crippen LogP contribution < -0.4 is 0 Å². The first-order valence-electron chi connectivity index (χ1n) is 3.27. The Morgan fingerprint density at radius 1 is 1.58 bits per heavy atom. The van der Waals surface area contributed by atoms with Crippen LogP contribution in [0.15, 0.2) is 16.5 Å². The molecule has 2 aromatic rings. The maximum atomic E-state index is 5.15. The molecular formula is C8H6NOSY-. The van der Waals surface area contributed by atoms with Gasteiger partial charge in [-0.3, -0.25) is 0 Å². The van der Waals surface area contributed by atoms with Crippen LogP contribution in [0.3, 0.4) is 0 Å². The number of oxazole rings is 1. The number of rotatable bonds is 0. The second-order valence-electron chi connectivity index (χ2n) is 2.41. The molecule has 0 unspecified atom stereocenters. The zero-order chi connectivity index (χ0) is 7.84. The smallest absolute Gasteiger partial charge is 0.252 e. The monoisotopic (exact) mass is 253 g/mol. The third-order valence-electron chi connectivity index (χ3n) is 1.50. The summed E-state index contributed by atoms with van der Waals surface area (Å²) in [6.07, 6.45) is 0. The van der Waals surface area contributed by atoms with E-state index < -0.39 is 0 Å². The first-order chi connectivity index (χ1) is 5.25. The molecule has 2 nitrogen and oxygen atoms in total. The van der Waals surface area contributed by atoms with Crippen molar-refractivity contribution >= 4 is 23.3 Å². The summed E-state index contributed by atoms with van der Waals surface area (Å²) in [5.74, 6) is 0. The molecule has 0 bridgehead atoms. The Morgan fingerprint density at radius 2 is 2.33 bits per heavy atom.